The number of furan rings is 1. The van der Waals surface area contributed by atoms with Crippen LogP contribution < -0.4 is 4.90 Å². The average Bonchev–Trinajstić information content (AvgIpc) is 2.95. The molecule has 3 rings (SSSR count). The summed E-state index contributed by atoms with van der Waals surface area (Å²) < 4.78 is 31.3. The first kappa shape index (κ1) is 14.1. The highest BCUT2D eigenvalue weighted by Crippen LogP contribution is 2.47. The molecule has 0 aliphatic carbocycles. The van der Waals surface area contributed by atoms with Crippen LogP contribution in [0.4, 0.5) is 14.7 Å². The largest absolute Gasteiger partial charge is 0.502 e. The van der Waals surface area contributed by atoms with Crippen molar-refractivity contribution in [2.45, 2.75) is 12.8 Å². The van der Waals surface area contributed by atoms with Crippen LogP contribution in [0.1, 0.15) is 12.8 Å². The minimum Gasteiger partial charge on any atom is -0.502 e. The Labute approximate surface area is 122 Å². The van der Waals surface area contributed by atoms with E-state index in [-0.39, 0.29) is 24.2 Å². The third-order valence-electron chi connectivity index (χ3n) is 3.28. The lowest BCUT2D eigenvalue weighted by molar-refractivity contribution is -0.121. The first-order chi connectivity index (χ1) is 10.4. The van der Waals surface area contributed by atoms with Gasteiger partial charge in [-0.05, 0) is 18.2 Å². The molecule has 2 N–H and O–H groups in total. The number of benzene rings is 1. The summed E-state index contributed by atoms with van der Waals surface area (Å²) in [5.74, 6) is -5.95. The monoisotopic (exact) mass is 309 g/mol. The maximum Gasteiger partial charge on any atom is 0.256 e. The lowest BCUT2D eigenvalue weighted by Crippen LogP contribution is -2.28. The van der Waals surface area contributed by atoms with Crippen LogP contribution in [0.2, 0.25) is 0 Å². The minimum absolute atomic E-state index is 0.0414. The lowest BCUT2D eigenvalue weighted by Gasteiger charge is -2.09. The van der Waals surface area contributed by atoms with Crippen molar-refractivity contribution in [3.8, 4) is 22.8 Å². The van der Waals surface area contributed by atoms with Crippen molar-refractivity contribution < 1.29 is 33.0 Å². The molecule has 1 aromatic carbocycles. The van der Waals surface area contributed by atoms with Crippen molar-refractivity contribution in [2.75, 3.05) is 4.90 Å². The molecular weight excluding hydrogens is 300 g/mol. The summed E-state index contributed by atoms with van der Waals surface area (Å²) in [6, 6.07) is 2.69. The third-order valence-corrected chi connectivity index (χ3v) is 3.28. The van der Waals surface area contributed by atoms with Gasteiger partial charge in [-0.3, -0.25) is 9.59 Å². The van der Waals surface area contributed by atoms with Crippen molar-refractivity contribution in [1.29, 1.82) is 0 Å². The van der Waals surface area contributed by atoms with Gasteiger partial charge in [0.05, 0.1) is 0 Å². The fourth-order valence-electron chi connectivity index (χ4n) is 2.19. The van der Waals surface area contributed by atoms with Gasteiger partial charge in [0.15, 0.2) is 17.4 Å². The van der Waals surface area contributed by atoms with Gasteiger partial charge in [0.2, 0.25) is 23.3 Å². The molecule has 0 radical (unpaired) electrons. The van der Waals surface area contributed by atoms with E-state index in [2.05, 4.69) is 0 Å². The predicted molar refractivity (Wildman–Crippen MR) is 69.1 cm³/mol. The van der Waals surface area contributed by atoms with Gasteiger partial charge in [-0.25, -0.2) is 13.7 Å². The molecule has 1 aliphatic rings. The number of anilines is 1. The van der Waals surface area contributed by atoms with E-state index in [1.165, 1.54) is 0 Å². The standard InChI is InChI=1S/C14H9F2NO5/c15-7-2-1-6(5-8(7)16)13-11(20)12(21)14(22-13)17-9(18)3-4-10(17)19/h1-2,5,20-21H,3-4H2. The molecule has 0 bridgehead atoms. The van der Waals surface area contributed by atoms with E-state index in [9.17, 15) is 28.6 Å². The Hall–Kier alpha value is -2.90. The van der Waals surface area contributed by atoms with Crippen LogP contribution in [0.5, 0.6) is 11.5 Å². The van der Waals surface area contributed by atoms with Crippen LogP contribution >= 0.6 is 0 Å². The number of carbonyl (C=O) groups excluding carboxylic acids is 2. The summed E-state index contributed by atoms with van der Waals surface area (Å²) in [6.07, 6.45) is -0.0828. The molecule has 1 aromatic heterocycles. The topological polar surface area (TPSA) is 91.0 Å². The highest BCUT2D eigenvalue weighted by atomic mass is 19.2. The first-order valence-electron chi connectivity index (χ1n) is 6.26. The van der Waals surface area contributed by atoms with Gasteiger partial charge in [0, 0.05) is 18.4 Å². The fraction of sp³-hybridized carbons (Fsp3) is 0.143. The number of aromatic hydroxyl groups is 2. The van der Waals surface area contributed by atoms with E-state index >= 15 is 0 Å². The van der Waals surface area contributed by atoms with E-state index in [0.717, 1.165) is 18.2 Å². The van der Waals surface area contributed by atoms with Crippen molar-refractivity contribution in [3.05, 3.63) is 29.8 Å². The number of amides is 2. The molecule has 2 heterocycles. The van der Waals surface area contributed by atoms with Crippen LogP contribution in [0.3, 0.4) is 0 Å². The second kappa shape index (κ2) is 4.83. The quantitative estimate of drug-likeness (QED) is 0.831. The zero-order valence-corrected chi connectivity index (χ0v) is 11.0. The SMILES string of the molecule is O=C1CCC(=O)N1c1oc(-c2ccc(F)c(F)c2)c(O)c1O. The van der Waals surface area contributed by atoms with E-state index < -0.39 is 40.8 Å². The van der Waals surface area contributed by atoms with E-state index in [0.29, 0.717) is 4.90 Å². The molecule has 1 saturated heterocycles. The normalized spacial score (nSPS) is 14.9. The summed E-state index contributed by atoms with van der Waals surface area (Å²) in [7, 11) is 0. The Kier molecular flexibility index (Phi) is 3.09. The third kappa shape index (κ3) is 2.00. The molecule has 0 atom stereocenters. The zero-order valence-electron chi connectivity index (χ0n) is 11.0. The highest BCUT2D eigenvalue weighted by Gasteiger charge is 2.37. The number of hydrogen-bond acceptors (Lipinski definition) is 5. The molecule has 2 amide bonds. The molecule has 0 spiro atoms. The Morgan fingerprint density at radius 2 is 1.64 bits per heavy atom. The number of halogens is 2. The fourth-order valence-corrected chi connectivity index (χ4v) is 2.19. The van der Waals surface area contributed by atoms with Crippen LogP contribution in [0.15, 0.2) is 22.6 Å². The van der Waals surface area contributed by atoms with Crippen LogP contribution in [0.25, 0.3) is 11.3 Å². The molecule has 0 saturated carbocycles. The maximum absolute atomic E-state index is 13.2. The molecule has 8 heteroatoms. The molecule has 114 valence electrons. The number of hydrogen-bond donors (Lipinski definition) is 2. The van der Waals surface area contributed by atoms with E-state index in [1.54, 1.807) is 0 Å². The molecule has 1 fully saturated rings. The molecule has 6 nitrogen and oxygen atoms in total. The summed E-state index contributed by atoms with van der Waals surface area (Å²) in [6.45, 7) is 0. The molecule has 0 unspecified atom stereocenters. The molecule has 22 heavy (non-hydrogen) atoms. The van der Waals surface area contributed by atoms with Crippen molar-refractivity contribution in [3.63, 3.8) is 0 Å². The Morgan fingerprint density at radius 3 is 2.23 bits per heavy atom. The highest BCUT2D eigenvalue weighted by molar-refractivity contribution is 6.20. The number of imide groups is 1. The van der Waals surface area contributed by atoms with E-state index in [4.69, 9.17) is 4.42 Å². The summed E-state index contributed by atoms with van der Waals surface area (Å²) in [5.41, 5.74) is -0.0583. The zero-order chi connectivity index (χ0) is 16.0. The van der Waals surface area contributed by atoms with Gasteiger partial charge in [0.1, 0.15) is 0 Å². The molecular formula is C14H9F2NO5. The van der Waals surface area contributed by atoms with Gasteiger partial charge in [-0.15, -0.1) is 0 Å². The lowest BCUT2D eigenvalue weighted by atomic mass is 10.1. The van der Waals surface area contributed by atoms with Crippen LogP contribution in [-0.4, -0.2) is 22.0 Å². The Morgan fingerprint density at radius 1 is 1.00 bits per heavy atom. The van der Waals surface area contributed by atoms with Crippen LogP contribution in [0, 0.1) is 11.6 Å². The van der Waals surface area contributed by atoms with Crippen molar-refractivity contribution >= 4 is 17.7 Å². The van der Waals surface area contributed by atoms with Crippen LogP contribution in [-0.2, 0) is 9.59 Å². The van der Waals surface area contributed by atoms with Gasteiger partial charge in [-0.2, -0.15) is 0 Å². The van der Waals surface area contributed by atoms with Crippen molar-refractivity contribution in [2.24, 2.45) is 0 Å². The second-order valence-electron chi connectivity index (χ2n) is 4.69. The van der Waals surface area contributed by atoms with Gasteiger partial charge < -0.3 is 14.6 Å². The molecule has 2 aromatic rings. The second-order valence-corrected chi connectivity index (χ2v) is 4.69. The maximum atomic E-state index is 13.2. The van der Waals surface area contributed by atoms with Crippen molar-refractivity contribution in [1.82, 2.24) is 0 Å². The Balaban J connectivity index is 2.11. The smallest absolute Gasteiger partial charge is 0.256 e. The Bertz CT molecular complexity index is 783. The van der Waals surface area contributed by atoms with E-state index in [1.807, 2.05) is 0 Å². The average molecular weight is 309 g/mol. The van der Waals surface area contributed by atoms with Gasteiger partial charge >= 0.3 is 0 Å². The number of carbonyl (C=O) groups is 2. The number of rotatable bonds is 2. The summed E-state index contributed by atoms with van der Waals surface area (Å²) in [4.78, 5) is 23.9. The predicted octanol–water partition coefficient (Wildman–Crippen LogP) is 2.29. The van der Waals surface area contributed by atoms with Gasteiger partial charge in [-0.1, -0.05) is 0 Å². The minimum atomic E-state index is -1.18. The first-order valence-corrected chi connectivity index (χ1v) is 6.26. The summed E-state index contributed by atoms with van der Waals surface area (Å²) in [5, 5.41) is 19.7. The summed E-state index contributed by atoms with van der Waals surface area (Å²) >= 11 is 0. The molecule has 1 aliphatic heterocycles. The number of nitrogens with zero attached hydrogens (tertiary/aromatic N) is 1. The van der Waals surface area contributed by atoms with Gasteiger partial charge in [0.25, 0.3) is 5.88 Å².